The second kappa shape index (κ2) is 9.65. The van der Waals surface area contributed by atoms with Gasteiger partial charge in [-0.25, -0.2) is 13.8 Å². The Morgan fingerprint density at radius 3 is 2.46 bits per heavy atom. The number of rotatable bonds is 8. The van der Waals surface area contributed by atoms with Gasteiger partial charge in [0.05, 0.1) is 16.8 Å². The molecule has 0 aliphatic rings. The molecule has 0 spiro atoms. The van der Waals surface area contributed by atoms with Gasteiger partial charge < -0.3 is 11.1 Å². The highest BCUT2D eigenvalue weighted by molar-refractivity contribution is 7.21. The Kier molecular flexibility index (Phi) is 6.73. The van der Waals surface area contributed by atoms with Gasteiger partial charge in [-0.15, -0.1) is 11.3 Å². The number of carbonyl (C=O) groups excluding carboxylic acids is 2. The number of aromatic nitrogens is 5. The average molecular weight is 533 g/mol. The zero-order valence-corrected chi connectivity index (χ0v) is 21.0. The standard InChI is InChI=1S/C22H22F2N8O4S/c1-5-30-10(3)13(7-26-30)12-6-14(20(23)24)27-22-16(12)17(19(37-22)21(25)34)28-15(33)8-31-11(4)18(32(35)36)9(2)29-31/h6-7,20H,5,8H2,1-4H3,(H2,25,34)(H,28,33). The zero-order chi connectivity index (χ0) is 27.2. The largest absolute Gasteiger partial charge is 0.365 e. The lowest BCUT2D eigenvalue weighted by molar-refractivity contribution is -0.386. The third kappa shape index (κ3) is 4.52. The first-order valence-corrected chi connectivity index (χ1v) is 11.8. The molecule has 4 aromatic heterocycles. The van der Waals surface area contributed by atoms with Crippen molar-refractivity contribution in [3.8, 4) is 11.1 Å². The molecule has 2 amide bonds. The lowest BCUT2D eigenvalue weighted by Crippen LogP contribution is -2.22. The van der Waals surface area contributed by atoms with Gasteiger partial charge in [0.25, 0.3) is 12.3 Å². The van der Waals surface area contributed by atoms with Gasteiger partial charge in [-0.2, -0.15) is 10.2 Å². The number of nitrogens with one attached hydrogen (secondary N) is 1. The number of amides is 2. The molecule has 4 rings (SSSR count). The van der Waals surface area contributed by atoms with Gasteiger partial charge in [-0.05, 0) is 39.3 Å². The topological polar surface area (TPSA) is 164 Å². The van der Waals surface area contributed by atoms with Gasteiger partial charge in [-0.3, -0.25) is 29.1 Å². The van der Waals surface area contributed by atoms with E-state index in [-0.39, 0.29) is 37.9 Å². The van der Waals surface area contributed by atoms with Gasteiger partial charge in [-0.1, -0.05) is 0 Å². The molecule has 4 heterocycles. The number of nitrogens with zero attached hydrogens (tertiary/aromatic N) is 6. The fourth-order valence-corrected chi connectivity index (χ4v) is 5.20. The highest BCUT2D eigenvalue weighted by Gasteiger charge is 2.27. The molecule has 37 heavy (non-hydrogen) atoms. The van der Waals surface area contributed by atoms with Crippen LogP contribution in [0.3, 0.4) is 0 Å². The number of aryl methyl sites for hydroxylation is 2. The second-order valence-electron chi connectivity index (χ2n) is 8.19. The third-order valence-corrected chi connectivity index (χ3v) is 7.00. The van der Waals surface area contributed by atoms with Crippen LogP contribution in [0.25, 0.3) is 21.3 Å². The molecule has 4 aromatic rings. The highest BCUT2D eigenvalue weighted by Crippen LogP contribution is 2.43. The lowest BCUT2D eigenvalue weighted by Gasteiger charge is -2.11. The molecule has 0 atom stereocenters. The number of nitrogens with two attached hydrogens (primary N) is 1. The van der Waals surface area contributed by atoms with Crippen LogP contribution in [0.15, 0.2) is 12.3 Å². The summed E-state index contributed by atoms with van der Waals surface area (Å²) < 4.78 is 30.3. The van der Waals surface area contributed by atoms with E-state index in [4.69, 9.17) is 5.73 Å². The van der Waals surface area contributed by atoms with Crippen LogP contribution in [-0.2, 0) is 17.9 Å². The van der Waals surface area contributed by atoms with E-state index in [1.807, 2.05) is 6.92 Å². The number of fused-ring (bicyclic) bond motifs is 1. The Balaban J connectivity index is 1.86. The van der Waals surface area contributed by atoms with Crippen LogP contribution >= 0.6 is 11.3 Å². The monoisotopic (exact) mass is 532 g/mol. The van der Waals surface area contributed by atoms with Crippen LogP contribution in [-0.4, -0.2) is 41.3 Å². The Hall–Kier alpha value is -4.27. The number of hydrogen-bond acceptors (Lipinski definition) is 8. The normalized spacial score (nSPS) is 11.4. The van der Waals surface area contributed by atoms with Crippen LogP contribution in [0.2, 0.25) is 0 Å². The maximum absolute atomic E-state index is 13.7. The van der Waals surface area contributed by atoms with Crippen LogP contribution in [0.5, 0.6) is 0 Å². The van der Waals surface area contributed by atoms with Crippen LogP contribution in [0.4, 0.5) is 20.2 Å². The number of nitro groups is 1. The molecule has 0 saturated carbocycles. The molecule has 194 valence electrons. The van der Waals surface area contributed by atoms with Crippen LogP contribution in [0.1, 0.15) is 45.8 Å². The summed E-state index contributed by atoms with van der Waals surface area (Å²) in [6, 6.07) is 1.20. The van der Waals surface area contributed by atoms with Crippen molar-refractivity contribution in [2.45, 2.75) is 47.2 Å². The minimum absolute atomic E-state index is 0.0143. The lowest BCUT2D eigenvalue weighted by atomic mass is 10.0. The third-order valence-electron chi connectivity index (χ3n) is 5.91. The molecule has 0 radical (unpaired) electrons. The minimum Gasteiger partial charge on any atom is -0.365 e. The molecule has 15 heteroatoms. The fraction of sp³-hybridized carbons (Fsp3) is 0.318. The Morgan fingerprint density at radius 2 is 1.92 bits per heavy atom. The molecule has 0 saturated heterocycles. The summed E-state index contributed by atoms with van der Waals surface area (Å²) in [7, 11) is 0. The minimum atomic E-state index is -2.89. The van der Waals surface area contributed by atoms with Gasteiger partial charge >= 0.3 is 5.69 Å². The van der Waals surface area contributed by atoms with Crippen molar-refractivity contribution in [2.75, 3.05) is 5.32 Å². The number of carbonyl (C=O) groups is 2. The molecule has 0 fully saturated rings. The quantitative estimate of drug-likeness (QED) is 0.257. The maximum Gasteiger partial charge on any atom is 0.312 e. The van der Waals surface area contributed by atoms with Crippen LogP contribution in [0, 0.1) is 30.9 Å². The summed E-state index contributed by atoms with van der Waals surface area (Å²) in [6.07, 6.45) is -1.37. The summed E-state index contributed by atoms with van der Waals surface area (Å²) in [5.74, 6) is -1.54. The molecule has 0 unspecified atom stereocenters. The van der Waals surface area contributed by atoms with E-state index < -0.39 is 35.4 Å². The zero-order valence-electron chi connectivity index (χ0n) is 20.2. The van der Waals surface area contributed by atoms with Gasteiger partial charge in [0.2, 0.25) is 5.91 Å². The van der Waals surface area contributed by atoms with Crippen molar-refractivity contribution >= 4 is 44.7 Å². The molecular formula is C22H22F2N8O4S. The number of thiophene rings is 1. The van der Waals surface area contributed by atoms with Gasteiger partial charge in [0, 0.05) is 23.2 Å². The van der Waals surface area contributed by atoms with E-state index in [0.717, 1.165) is 11.3 Å². The van der Waals surface area contributed by atoms with Crippen LogP contribution < -0.4 is 11.1 Å². The predicted octanol–water partition coefficient (Wildman–Crippen LogP) is 3.88. The predicted molar refractivity (Wildman–Crippen MR) is 132 cm³/mol. The summed E-state index contributed by atoms with van der Waals surface area (Å²) in [5.41, 5.74) is 6.70. The highest BCUT2D eigenvalue weighted by atomic mass is 32.1. The maximum atomic E-state index is 13.7. The molecular weight excluding hydrogens is 510 g/mol. The summed E-state index contributed by atoms with van der Waals surface area (Å²) >= 11 is 0.780. The number of primary amides is 1. The number of pyridine rings is 1. The van der Waals surface area contributed by atoms with Crippen molar-refractivity contribution in [1.82, 2.24) is 24.5 Å². The van der Waals surface area contributed by atoms with Crippen molar-refractivity contribution in [1.29, 1.82) is 0 Å². The molecule has 0 aliphatic carbocycles. The number of alkyl halides is 2. The van der Waals surface area contributed by atoms with E-state index >= 15 is 0 Å². The van der Waals surface area contributed by atoms with Crippen molar-refractivity contribution < 1.29 is 23.3 Å². The van der Waals surface area contributed by atoms with Gasteiger partial charge in [0.1, 0.15) is 33.3 Å². The van der Waals surface area contributed by atoms with Crippen molar-refractivity contribution in [2.24, 2.45) is 5.73 Å². The SMILES string of the molecule is CCn1ncc(-c2cc(C(F)F)nc3sc(C(N)=O)c(NC(=O)Cn4nc(C)c([N+](=O)[O-])c4C)c23)c1C. The number of anilines is 1. The molecule has 0 aromatic carbocycles. The summed E-state index contributed by atoms with van der Waals surface area (Å²) in [5, 5.41) is 22.5. The summed E-state index contributed by atoms with van der Waals surface area (Å²) in [6.45, 7) is 6.70. The Bertz CT molecular complexity index is 1570. The molecule has 0 aliphatic heterocycles. The van der Waals surface area contributed by atoms with Crippen molar-refractivity contribution in [3.05, 3.63) is 50.0 Å². The first-order valence-electron chi connectivity index (χ1n) is 11.0. The van der Waals surface area contributed by atoms with E-state index in [1.165, 1.54) is 30.8 Å². The second-order valence-corrected chi connectivity index (χ2v) is 9.19. The van der Waals surface area contributed by atoms with E-state index in [9.17, 15) is 28.5 Å². The van der Waals surface area contributed by atoms with Crippen molar-refractivity contribution in [3.63, 3.8) is 0 Å². The average Bonchev–Trinajstić information content (AvgIpc) is 3.46. The number of hydrogen-bond donors (Lipinski definition) is 2. The number of halogens is 2. The summed E-state index contributed by atoms with van der Waals surface area (Å²) in [4.78, 5) is 40.1. The first kappa shape index (κ1) is 25.8. The van der Waals surface area contributed by atoms with E-state index in [2.05, 4.69) is 20.5 Å². The fourth-order valence-electron chi connectivity index (χ4n) is 4.18. The molecule has 0 bridgehead atoms. The Labute approximate surface area is 212 Å². The van der Waals surface area contributed by atoms with E-state index in [0.29, 0.717) is 23.4 Å². The molecule has 3 N–H and O–H groups in total. The van der Waals surface area contributed by atoms with E-state index in [1.54, 1.807) is 11.6 Å². The molecule has 12 nitrogen and oxygen atoms in total. The Morgan fingerprint density at radius 1 is 1.22 bits per heavy atom. The van der Waals surface area contributed by atoms with Gasteiger partial charge in [0.15, 0.2) is 0 Å². The smallest absolute Gasteiger partial charge is 0.312 e. The first-order chi connectivity index (χ1) is 17.4.